The first-order chi connectivity index (χ1) is 17.8. The van der Waals surface area contributed by atoms with Crippen molar-refractivity contribution in [2.24, 2.45) is 29.1 Å². The Hall–Kier alpha value is -2.03. The molecular weight excluding hydrogens is 488 g/mol. The van der Waals surface area contributed by atoms with Gasteiger partial charge in [-0.15, -0.1) is 0 Å². The fourth-order valence-electron chi connectivity index (χ4n) is 7.91. The van der Waals surface area contributed by atoms with E-state index in [4.69, 9.17) is 9.47 Å². The Morgan fingerprint density at radius 2 is 1.66 bits per heavy atom. The number of aliphatic hydroxyl groups excluding tert-OH is 1. The molecule has 0 heterocycles. The van der Waals surface area contributed by atoms with Gasteiger partial charge in [-0.3, -0.25) is 14.4 Å². The summed E-state index contributed by atoms with van der Waals surface area (Å²) in [5.74, 6) is -4.18. The van der Waals surface area contributed by atoms with E-state index in [0.717, 1.165) is 12.8 Å². The molecular formula is C30H44O8. The number of ketones is 1. The lowest BCUT2D eigenvalue weighted by Crippen LogP contribution is -2.66. The van der Waals surface area contributed by atoms with Crippen LogP contribution in [-0.2, 0) is 23.9 Å². The van der Waals surface area contributed by atoms with Gasteiger partial charge in [0, 0.05) is 48.3 Å². The topological polar surface area (TPSA) is 130 Å². The maximum Gasteiger partial charge on any atom is 0.306 e. The van der Waals surface area contributed by atoms with E-state index in [2.05, 4.69) is 0 Å². The zero-order valence-electron chi connectivity index (χ0n) is 23.6. The van der Waals surface area contributed by atoms with Crippen molar-refractivity contribution in [1.82, 2.24) is 0 Å². The molecule has 0 amide bonds. The van der Waals surface area contributed by atoms with Gasteiger partial charge in [0.2, 0.25) is 0 Å². The zero-order valence-corrected chi connectivity index (χ0v) is 23.6. The molecule has 0 aromatic heterocycles. The molecule has 0 aliphatic heterocycles. The molecule has 8 heteroatoms. The minimum absolute atomic E-state index is 0.107. The number of carbonyl (C=O) groups is 3. The number of esters is 2. The lowest BCUT2D eigenvalue weighted by molar-refractivity contribution is -0.229. The van der Waals surface area contributed by atoms with Gasteiger partial charge in [0.15, 0.2) is 11.4 Å². The largest absolute Gasteiger partial charge is 0.458 e. The Morgan fingerprint density at radius 3 is 2.24 bits per heavy atom. The van der Waals surface area contributed by atoms with Crippen LogP contribution in [0.5, 0.6) is 0 Å². The standard InChI is InChI=1S/C30H44O8/c1-7-9-11-22(32)37-26-18(4)29(36)20(24-27(5,6)30(24,26)38-23(33)12-10-8-2)14-19(16-31)15-28(35)21(29)13-17(3)25(28)34/h13-14,18,20-21,24,26,31,35-36H,7-12,15-16H2,1-6H3/t18-,20+,21-,24-,26-,28-,29-,30-/m1/s1. The second kappa shape index (κ2) is 9.86. The van der Waals surface area contributed by atoms with Gasteiger partial charge in [-0.1, -0.05) is 59.6 Å². The second-order valence-corrected chi connectivity index (χ2v) is 12.5. The average molecular weight is 533 g/mol. The fraction of sp³-hybridized carbons (Fsp3) is 0.767. The Balaban J connectivity index is 1.87. The summed E-state index contributed by atoms with van der Waals surface area (Å²) < 4.78 is 12.4. The molecule has 0 bridgehead atoms. The van der Waals surface area contributed by atoms with Crippen molar-refractivity contribution < 1.29 is 39.2 Å². The van der Waals surface area contributed by atoms with Crippen LogP contribution in [0.3, 0.4) is 0 Å². The predicted octanol–water partition coefficient (Wildman–Crippen LogP) is 3.41. The molecule has 0 unspecified atom stereocenters. The minimum atomic E-state index is -1.93. The third-order valence-corrected chi connectivity index (χ3v) is 9.97. The van der Waals surface area contributed by atoms with Gasteiger partial charge >= 0.3 is 11.9 Å². The van der Waals surface area contributed by atoms with Gasteiger partial charge in [-0.25, -0.2) is 0 Å². The third-order valence-electron chi connectivity index (χ3n) is 9.97. The minimum Gasteiger partial charge on any atom is -0.458 e. The molecule has 8 nitrogen and oxygen atoms in total. The number of unbranched alkanes of at least 4 members (excludes halogenated alkanes) is 2. The SMILES string of the molecule is CCCCC(=O)O[C@@H]1[C@@H](C)[C@@]2(O)[C@@H](C=C(CO)C[C@]3(O)C(=O)C(C)=C[C@@H]23)[C@@H]2C(C)(C)[C@]12OC(=O)CCCC. The van der Waals surface area contributed by atoms with E-state index in [1.807, 2.05) is 27.7 Å². The van der Waals surface area contributed by atoms with E-state index in [1.54, 1.807) is 26.0 Å². The maximum atomic E-state index is 13.2. The lowest BCUT2D eigenvalue weighted by atomic mass is 9.59. The molecule has 2 fully saturated rings. The van der Waals surface area contributed by atoms with Crippen LogP contribution in [0.15, 0.2) is 23.3 Å². The Morgan fingerprint density at radius 1 is 1.05 bits per heavy atom. The molecule has 4 aliphatic rings. The molecule has 4 rings (SSSR count). The molecule has 0 radical (unpaired) electrons. The van der Waals surface area contributed by atoms with Gasteiger partial charge in [0.25, 0.3) is 0 Å². The number of carbonyl (C=O) groups excluding carboxylic acids is 3. The third kappa shape index (κ3) is 3.93. The highest BCUT2D eigenvalue weighted by atomic mass is 16.6. The zero-order chi connectivity index (χ0) is 28.3. The van der Waals surface area contributed by atoms with E-state index >= 15 is 0 Å². The Kier molecular flexibility index (Phi) is 7.52. The number of rotatable bonds is 9. The van der Waals surface area contributed by atoms with Crippen molar-refractivity contribution in [2.75, 3.05) is 6.61 Å². The lowest BCUT2D eigenvalue weighted by Gasteiger charge is -2.53. The van der Waals surface area contributed by atoms with Gasteiger partial charge in [0.05, 0.1) is 12.2 Å². The highest BCUT2D eigenvalue weighted by Gasteiger charge is 2.87. The normalized spacial score (nSPS) is 40.7. The fourth-order valence-corrected chi connectivity index (χ4v) is 7.91. The highest BCUT2D eigenvalue weighted by Crippen LogP contribution is 2.77. The number of hydrogen-bond acceptors (Lipinski definition) is 8. The van der Waals surface area contributed by atoms with E-state index in [-0.39, 0.29) is 31.8 Å². The number of hydrogen-bond donors (Lipinski definition) is 3. The van der Waals surface area contributed by atoms with Crippen LogP contribution in [0.1, 0.15) is 86.5 Å². The molecule has 8 atom stereocenters. The Bertz CT molecular complexity index is 1060. The highest BCUT2D eigenvalue weighted by molar-refractivity contribution is 6.04. The molecule has 0 aromatic carbocycles. The van der Waals surface area contributed by atoms with Crippen molar-refractivity contribution >= 4 is 17.7 Å². The summed E-state index contributed by atoms with van der Waals surface area (Å²) in [5.41, 5.74) is -4.69. The van der Waals surface area contributed by atoms with E-state index in [1.165, 1.54) is 0 Å². The van der Waals surface area contributed by atoms with Crippen molar-refractivity contribution in [3.05, 3.63) is 23.3 Å². The second-order valence-electron chi connectivity index (χ2n) is 12.5. The summed E-state index contributed by atoms with van der Waals surface area (Å²) in [5, 5.41) is 34.6. The van der Waals surface area contributed by atoms with Crippen LogP contribution in [0.25, 0.3) is 0 Å². The van der Waals surface area contributed by atoms with Gasteiger partial charge < -0.3 is 24.8 Å². The monoisotopic (exact) mass is 532 g/mol. The maximum absolute atomic E-state index is 13.2. The number of aliphatic hydroxyl groups is 3. The van der Waals surface area contributed by atoms with Gasteiger partial charge in [0.1, 0.15) is 11.7 Å². The smallest absolute Gasteiger partial charge is 0.306 e. The van der Waals surface area contributed by atoms with Gasteiger partial charge in [-0.2, -0.15) is 0 Å². The van der Waals surface area contributed by atoms with Crippen LogP contribution < -0.4 is 0 Å². The van der Waals surface area contributed by atoms with Crippen molar-refractivity contribution in [3.63, 3.8) is 0 Å². The van der Waals surface area contributed by atoms with Crippen LogP contribution in [0.4, 0.5) is 0 Å². The van der Waals surface area contributed by atoms with Crippen LogP contribution in [0.2, 0.25) is 0 Å². The van der Waals surface area contributed by atoms with Crippen LogP contribution >= 0.6 is 0 Å². The Labute approximate surface area is 225 Å². The molecule has 0 spiro atoms. The number of ether oxygens (including phenoxy) is 2. The number of fused-ring (bicyclic) bond motifs is 5. The summed E-state index contributed by atoms with van der Waals surface area (Å²) in [7, 11) is 0. The molecule has 0 saturated heterocycles. The summed E-state index contributed by atoms with van der Waals surface area (Å²) in [6.45, 7) is 10.8. The number of Topliss-reactive ketones (excluding diaryl/α,β-unsaturated/α-hetero) is 1. The molecule has 3 N–H and O–H groups in total. The summed E-state index contributed by atoms with van der Waals surface area (Å²) >= 11 is 0. The van der Waals surface area contributed by atoms with E-state index < -0.39 is 63.7 Å². The molecule has 2 saturated carbocycles. The molecule has 0 aromatic rings. The summed E-state index contributed by atoms with van der Waals surface area (Å²) in [6, 6.07) is 0. The van der Waals surface area contributed by atoms with Crippen LogP contribution in [-0.4, -0.2) is 62.6 Å². The summed E-state index contributed by atoms with van der Waals surface area (Å²) in [6.07, 6.45) is 5.69. The molecule has 212 valence electrons. The van der Waals surface area contributed by atoms with Crippen molar-refractivity contribution in [3.8, 4) is 0 Å². The van der Waals surface area contributed by atoms with Crippen molar-refractivity contribution in [1.29, 1.82) is 0 Å². The summed E-state index contributed by atoms with van der Waals surface area (Å²) in [4.78, 5) is 39.3. The van der Waals surface area contributed by atoms with Crippen molar-refractivity contribution in [2.45, 2.75) is 109 Å². The molecule has 38 heavy (non-hydrogen) atoms. The first-order valence-corrected chi connectivity index (χ1v) is 14.2. The molecule has 4 aliphatic carbocycles. The van der Waals surface area contributed by atoms with Crippen LogP contribution in [0, 0.1) is 29.1 Å². The van der Waals surface area contributed by atoms with E-state index in [9.17, 15) is 29.7 Å². The first-order valence-electron chi connectivity index (χ1n) is 14.2. The predicted molar refractivity (Wildman–Crippen MR) is 140 cm³/mol. The first kappa shape index (κ1) is 29.0. The van der Waals surface area contributed by atoms with Gasteiger partial charge in [-0.05, 0) is 30.9 Å². The average Bonchev–Trinajstić information content (AvgIpc) is 3.29. The quantitative estimate of drug-likeness (QED) is 0.304. The van der Waals surface area contributed by atoms with E-state index in [0.29, 0.717) is 24.0 Å².